The largest absolute Gasteiger partial charge is 0.489 e. The van der Waals surface area contributed by atoms with Crippen LogP contribution in [0.4, 0.5) is 0 Å². The Balaban J connectivity index is 0.000000156. The minimum Gasteiger partial charge on any atom is -0.489 e. The van der Waals surface area contributed by atoms with Crippen molar-refractivity contribution in [2.45, 2.75) is 115 Å². The molecule has 9 amide bonds. The first kappa shape index (κ1) is 46.6. The Kier molecular flexibility index (Phi) is 14.8. The Morgan fingerprint density at radius 1 is 0.374 bits per heavy atom. The third kappa shape index (κ3) is 16.4. The summed E-state index contributed by atoms with van der Waals surface area (Å²) in [4.78, 5) is 121. The van der Waals surface area contributed by atoms with Gasteiger partial charge in [0.15, 0.2) is 0 Å². The molecule has 24 heteroatoms. The van der Waals surface area contributed by atoms with Gasteiger partial charge in [-0.25, -0.2) is 0 Å². The van der Waals surface area contributed by atoms with E-state index in [0.717, 1.165) is 0 Å². The van der Waals surface area contributed by atoms with Gasteiger partial charge in [-0.05, 0) is 88.9 Å². The van der Waals surface area contributed by atoms with Gasteiger partial charge in [-0.1, -0.05) is 91.0 Å². The molecular formula is C75H81N9O15. The molecule has 9 aliphatic heterocycles. The summed E-state index contributed by atoms with van der Waals surface area (Å²) in [6.07, 6.45) is -19.8. The number of hydrogen-bond acceptors (Lipinski definition) is 18. The first-order valence-corrected chi connectivity index (χ1v) is 31.7. The maximum Gasteiger partial charge on any atom is 0.255 e. The molecule has 0 saturated carbocycles. The molecule has 0 aromatic heterocycles. The number of imide groups is 3. The van der Waals surface area contributed by atoms with Crippen molar-refractivity contribution in [1.82, 2.24) is 45.3 Å². The number of hydrogen-bond donors (Lipinski definition) is 3. The lowest BCUT2D eigenvalue weighted by molar-refractivity contribution is -0.138. The second-order valence-corrected chi connectivity index (χ2v) is 23.3. The van der Waals surface area contributed by atoms with Gasteiger partial charge in [0.25, 0.3) is 17.7 Å². The number of amides is 9. The van der Waals surface area contributed by atoms with Crippen LogP contribution in [0.2, 0.25) is 0 Å². The first-order valence-electron chi connectivity index (χ1n) is 42.2. The fraction of sp³-hybridized carbons (Fsp3) is 0.400. The van der Waals surface area contributed by atoms with Crippen LogP contribution >= 0.6 is 0 Å². The summed E-state index contributed by atoms with van der Waals surface area (Å²) in [6.45, 7) is -0.400. The predicted octanol–water partition coefficient (Wildman–Crippen LogP) is 5.58. The van der Waals surface area contributed by atoms with E-state index in [4.69, 9.17) is 57.2 Å². The Morgan fingerprint density at radius 3 is 0.889 bits per heavy atom. The molecule has 6 aromatic rings. The maximum atomic E-state index is 13.3. The molecule has 3 N–H and O–H groups in total. The Hall–Kier alpha value is -9.69. The maximum absolute atomic E-state index is 13.3. The van der Waals surface area contributed by atoms with Gasteiger partial charge in [-0.2, -0.15) is 0 Å². The number of nitrogens with zero attached hydrogens (tertiary/aromatic N) is 6. The summed E-state index contributed by atoms with van der Waals surface area (Å²) in [5.74, 6) is -10.7. The highest BCUT2D eigenvalue weighted by molar-refractivity contribution is 6.08. The summed E-state index contributed by atoms with van der Waals surface area (Å²) in [5.41, 5.74) is 4.68. The molecule has 6 fully saturated rings. The zero-order valence-corrected chi connectivity index (χ0v) is 53.2. The molecule has 0 spiro atoms. The number of nitrogens with one attached hydrogen (secondary N) is 3. The molecule has 0 bridgehead atoms. The SMILES string of the molecule is [2H]C([2H])(c1ccc(COc2cccc3c2CN(C2([2H])C(=O)NC(=O)C([2H])([2H])C2([2H])[2H])C3=O)cc1)N1CCOCC1.[2H]C([2H])(c1ccc(COc2cccc3c2CN([C@@]2([2H])C(=O)NC(=O)C([2H])([2H])C2([2H])[2H])C3=O)cc1)N1CCOCC1.[2H]C([2H])(c1ccc(COc2cccc3c2CN([C@]2([2H])C(=O)NC(=O)C([2H])([2H])C2([2H])[2H])C3=O)cc1)N1CCOCC1. The molecule has 3 atom stereocenters. The molecular weight excluding hydrogens is 1270 g/mol. The monoisotopic (exact) mass is 1370 g/mol. The fourth-order valence-electron chi connectivity index (χ4n) is 11.6. The van der Waals surface area contributed by atoms with Crippen LogP contribution in [0, 0.1) is 0 Å². The van der Waals surface area contributed by atoms with Gasteiger partial charge in [0.05, 0.1) is 63.4 Å². The number of carbonyl (C=O) groups excluding carboxylic acids is 9. The third-order valence-electron chi connectivity index (χ3n) is 16.7. The summed E-state index contributed by atoms with van der Waals surface area (Å²) in [5, 5.41) is 5.09. The summed E-state index contributed by atoms with van der Waals surface area (Å²) in [7, 11) is 0. The van der Waals surface area contributed by atoms with Crippen LogP contribution in [0.5, 0.6) is 17.2 Å². The molecule has 0 aliphatic carbocycles. The van der Waals surface area contributed by atoms with Gasteiger partial charge in [-0.3, -0.25) is 73.8 Å². The number of piperidine rings is 3. The Morgan fingerprint density at radius 2 is 0.626 bits per heavy atom. The van der Waals surface area contributed by atoms with Crippen molar-refractivity contribution >= 4 is 53.2 Å². The minimum atomic E-state index is -3.36. The van der Waals surface area contributed by atoms with Crippen molar-refractivity contribution in [3.05, 3.63) is 194 Å². The average Bonchev–Trinajstić information content (AvgIpc) is 1.33. The molecule has 516 valence electrons. The van der Waals surface area contributed by atoms with Crippen molar-refractivity contribution in [1.29, 1.82) is 0 Å². The molecule has 9 heterocycles. The summed E-state index contributed by atoms with van der Waals surface area (Å²) < 4.78 is 208. The lowest BCUT2D eigenvalue weighted by Gasteiger charge is -2.29. The van der Waals surface area contributed by atoms with E-state index in [2.05, 4.69) is 0 Å². The van der Waals surface area contributed by atoms with Crippen LogP contribution in [0.15, 0.2) is 127 Å². The normalized spacial score (nSPS) is 30.0. The van der Waals surface area contributed by atoms with Gasteiger partial charge in [0.2, 0.25) is 35.4 Å². The fourth-order valence-corrected chi connectivity index (χ4v) is 11.6. The number of morpholine rings is 3. The van der Waals surface area contributed by atoms with Crippen molar-refractivity contribution in [2.75, 3.05) is 78.9 Å². The molecule has 1 unspecified atom stereocenters. The second-order valence-electron chi connectivity index (χ2n) is 23.3. The topological polar surface area (TPSA) is 265 Å². The van der Waals surface area contributed by atoms with E-state index in [9.17, 15) is 43.2 Å². The van der Waals surface area contributed by atoms with Crippen molar-refractivity contribution in [3.8, 4) is 17.2 Å². The van der Waals surface area contributed by atoms with E-state index in [1.54, 1.807) is 122 Å². The molecule has 9 aliphatic rings. The highest BCUT2D eigenvalue weighted by Crippen LogP contribution is 2.37. The van der Waals surface area contributed by atoms with Crippen LogP contribution in [-0.2, 0) is 102 Å². The second kappa shape index (κ2) is 31.4. The molecule has 6 saturated heterocycles. The van der Waals surface area contributed by atoms with Crippen molar-refractivity contribution < 1.29 is 100 Å². The van der Waals surface area contributed by atoms with E-state index in [1.165, 1.54) is 36.4 Å². The van der Waals surface area contributed by atoms with Crippen LogP contribution < -0.4 is 30.2 Å². The lowest BCUT2D eigenvalue weighted by atomic mass is 10.0. The summed E-state index contributed by atoms with van der Waals surface area (Å²) >= 11 is 0. The van der Waals surface area contributed by atoms with Crippen LogP contribution in [0.1, 0.15) is 148 Å². The van der Waals surface area contributed by atoms with Crippen LogP contribution in [0.3, 0.4) is 0 Å². The molecule has 24 nitrogen and oxygen atoms in total. The zero-order chi connectivity index (χ0) is 87.3. The molecule has 15 rings (SSSR count). The van der Waals surface area contributed by atoms with Gasteiger partial charge in [-0.15, -0.1) is 0 Å². The first-order chi connectivity index (χ1) is 56.2. The summed E-state index contributed by atoms with van der Waals surface area (Å²) in [6, 6.07) is 24.9. The van der Waals surface area contributed by atoms with E-state index in [-0.39, 0.29) is 53.8 Å². The number of fused-ring (bicyclic) bond motifs is 3. The average molecular weight is 1370 g/mol. The quantitative estimate of drug-likeness (QED) is 0.0887. The number of benzene rings is 6. The van der Waals surface area contributed by atoms with Crippen LogP contribution in [0.25, 0.3) is 0 Å². The van der Waals surface area contributed by atoms with E-state index < -0.39 is 149 Å². The molecule has 6 aromatic carbocycles. The minimum absolute atomic E-state index is 0.0514. The van der Waals surface area contributed by atoms with Gasteiger partial charge < -0.3 is 43.1 Å². The highest BCUT2D eigenvalue weighted by Gasteiger charge is 2.43. The van der Waals surface area contributed by atoms with E-state index in [1.807, 2.05) is 0 Å². The lowest BCUT2D eigenvalue weighted by Crippen LogP contribution is -2.52. The zero-order valence-electron chi connectivity index (χ0n) is 74.2. The standard InChI is InChI=1S/3C25H27N3O5/c3*29-23-9-8-21(24(30)26-23)28-15-20-19(25(28)31)2-1-3-22(20)33-16-18-6-4-17(5-7-18)14-27-10-12-32-13-11-27/h3*1-7,21H,8-16H2,(H,26,29,30)/t2*21-;/m10./s1/i3*8D2,9D2,14D2,21D. The van der Waals surface area contributed by atoms with Crippen LogP contribution in [-0.4, -0.2) is 180 Å². The van der Waals surface area contributed by atoms with E-state index >= 15 is 0 Å². The Labute approximate surface area is 603 Å². The number of carbonyl (C=O) groups is 9. The van der Waals surface area contributed by atoms with E-state index in [0.29, 0.717) is 144 Å². The number of rotatable bonds is 18. The van der Waals surface area contributed by atoms with Gasteiger partial charge in [0.1, 0.15) is 55.1 Å². The van der Waals surface area contributed by atoms with Crippen molar-refractivity contribution in [3.63, 3.8) is 0 Å². The molecule has 99 heavy (non-hydrogen) atoms. The highest BCUT2D eigenvalue weighted by atomic mass is 16.5. The predicted molar refractivity (Wildman–Crippen MR) is 358 cm³/mol. The van der Waals surface area contributed by atoms with Crippen molar-refractivity contribution in [2.24, 2.45) is 0 Å². The molecule has 0 radical (unpaired) electrons. The smallest absolute Gasteiger partial charge is 0.255 e. The van der Waals surface area contributed by atoms with Gasteiger partial charge >= 0.3 is 0 Å². The third-order valence-corrected chi connectivity index (χ3v) is 16.7. The van der Waals surface area contributed by atoms with Gasteiger partial charge in [0, 0.05) is 136 Å². The Bertz CT molecular complexity index is 4590. The number of ether oxygens (including phenoxy) is 6.